The third-order valence-corrected chi connectivity index (χ3v) is 5.11. The maximum absolute atomic E-state index is 11.6. The van der Waals surface area contributed by atoms with Gasteiger partial charge in [0.1, 0.15) is 11.6 Å². The zero-order valence-corrected chi connectivity index (χ0v) is 15.0. The van der Waals surface area contributed by atoms with Gasteiger partial charge in [0.25, 0.3) is 0 Å². The van der Waals surface area contributed by atoms with Crippen LogP contribution >= 0.6 is 0 Å². The lowest BCUT2D eigenvalue weighted by Crippen LogP contribution is -2.14. The largest absolute Gasteiger partial charge is 0.366 e. The molecule has 0 spiro atoms. The van der Waals surface area contributed by atoms with Crippen LogP contribution in [0.3, 0.4) is 0 Å². The highest BCUT2D eigenvalue weighted by Gasteiger charge is 2.17. The summed E-state index contributed by atoms with van der Waals surface area (Å²) in [4.78, 5) is 9.13. The number of nitrogens with zero attached hydrogens (tertiary/aromatic N) is 2. The number of hydrogen-bond donors (Lipinski definition) is 1. The van der Waals surface area contributed by atoms with Gasteiger partial charge in [-0.1, -0.05) is 24.3 Å². The second kappa shape index (κ2) is 6.89. The fourth-order valence-electron chi connectivity index (χ4n) is 3.20. The first-order valence-electron chi connectivity index (χ1n) is 8.27. The summed E-state index contributed by atoms with van der Waals surface area (Å²) >= 11 is 0. The summed E-state index contributed by atoms with van der Waals surface area (Å²) in [6, 6.07) is 7.65. The Kier molecular flexibility index (Phi) is 4.85. The quantitative estimate of drug-likeness (QED) is 0.902. The van der Waals surface area contributed by atoms with Gasteiger partial charge in [0.2, 0.25) is 0 Å². The molecule has 0 amide bonds. The van der Waals surface area contributed by atoms with Crippen LogP contribution in [0.4, 0.5) is 5.82 Å². The molecule has 1 N–H and O–H groups in total. The number of aromatic nitrogens is 2. The van der Waals surface area contributed by atoms with Gasteiger partial charge in [0.05, 0.1) is 5.75 Å². The second-order valence-electron chi connectivity index (χ2n) is 6.44. The van der Waals surface area contributed by atoms with E-state index in [9.17, 15) is 8.42 Å². The van der Waals surface area contributed by atoms with Crippen LogP contribution in [0.25, 0.3) is 0 Å². The van der Waals surface area contributed by atoms with E-state index < -0.39 is 9.84 Å². The molecular formula is C18H23N3O2S. The fraction of sp³-hybridized carbons (Fsp3) is 0.444. The van der Waals surface area contributed by atoms with Gasteiger partial charge < -0.3 is 5.32 Å². The molecule has 2 aromatic rings. The standard InChI is InChI=1S/C18H23N3O2S/c1-13-20-17-10-6-5-9-16(17)18(21-13)19-11-14-7-3-4-8-15(14)12-24(2,22)23/h3-4,7-8H,5-6,9-12H2,1-2H3,(H,19,20,21). The number of nitrogens with one attached hydrogen (secondary N) is 1. The first-order valence-corrected chi connectivity index (χ1v) is 10.3. The molecule has 0 radical (unpaired) electrons. The van der Waals surface area contributed by atoms with Gasteiger partial charge in [-0.25, -0.2) is 18.4 Å². The summed E-state index contributed by atoms with van der Waals surface area (Å²) in [6.07, 6.45) is 5.63. The molecule has 0 fully saturated rings. The maximum Gasteiger partial charge on any atom is 0.151 e. The topological polar surface area (TPSA) is 72.0 Å². The number of hydrogen-bond acceptors (Lipinski definition) is 5. The van der Waals surface area contributed by atoms with Gasteiger partial charge in [-0.15, -0.1) is 0 Å². The van der Waals surface area contributed by atoms with E-state index in [2.05, 4.69) is 15.3 Å². The van der Waals surface area contributed by atoms with Crippen LogP contribution in [0.1, 0.15) is 41.1 Å². The van der Waals surface area contributed by atoms with E-state index in [1.165, 1.54) is 24.7 Å². The average Bonchev–Trinajstić information content (AvgIpc) is 2.52. The van der Waals surface area contributed by atoms with E-state index in [1.54, 1.807) is 0 Å². The van der Waals surface area contributed by atoms with Crippen LogP contribution in [0, 0.1) is 6.92 Å². The Morgan fingerprint density at radius 1 is 1.08 bits per heavy atom. The van der Waals surface area contributed by atoms with E-state index in [-0.39, 0.29) is 5.75 Å². The van der Waals surface area contributed by atoms with Gasteiger partial charge in [-0.05, 0) is 43.7 Å². The Balaban J connectivity index is 1.83. The molecule has 6 heteroatoms. The highest BCUT2D eigenvalue weighted by Crippen LogP contribution is 2.26. The van der Waals surface area contributed by atoms with Crippen molar-refractivity contribution in [2.75, 3.05) is 11.6 Å². The van der Waals surface area contributed by atoms with Crippen LogP contribution in [-0.2, 0) is 35.0 Å². The molecular weight excluding hydrogens is 322 g/mol. The molecule has 5 nitrogen and oxygen atoms in total. The van der Waals surface area contributed by atoms with Crippen molar-refractivity contribution < 1.29 is 8.42 Å². The predicted molar refractivity (Wildman–Crippen MR) is 95.7 cm³/mol. The van der Waals surface area contributed by atoms with Crippen molar-refractivity contribution in [1.29, 1.82) is 0 Å². The average molecular weight is 345 g/mol. The summed E-state index contributed by atoms with van der Waals surface area (Å²) in [5.41, 5.74) is 4.20. The molecule has 1 aliphatic carbocycles. The Morgan fingerprint density at radius 3 is 2.54 bits per heavy atom. The molecule has 0 aliphatic heterocycles. The Bertz CT molecular complexity index is 847. The molecule has 0 saturated heterocycles. The molecule has 0 bridgehead atoms. The number of fused-ring (bicyclic) bond motifs is 1. The Hall–Kier alpha value is -1.95. The molecule has 128 valence electrons. The molecule has 0 unspecified atom stereocenters. The zero-order chi connectivity index (χ0) is 17.2. The van der Waals surface area contributed by atoms with Crippen molar-refractivity contribution in [3.63, 3.8) is 0 Å². The van der Waals surface area contributed by atoms with Crippen molar-refractivity contribution >= 4 is 15.7 Å². The molecule has 1 aromatic carbocycles. The second-order valence-corrected chi connectivity index (χ2v) is 8.58. The molecule has 24 heavy (non-hydrogen) atoms. The Morgan fingerprint density at radius 2 is 1.79 bits per heavy atom. The predicted octanol–water partition coefficient (Wildman–Crippen LogP) is 2.82. The number of benzene rings is 1. The van der Waals surface area contributed by atoms with Crippen LogP contribution in [0.15, 0.2) is 24.3 Å². The van der Waals surface area contributed by atoms with Crippen LogP contribution < -0.4 is 5.32 Å². The van der Waals surface area contributed by atoms with Gasteiger partial charge in [-0.3, -0.25) is 0 Å². The van der Waals surface area contributed by atoms with Crippen molar-refractivity contribution in [3.8, 4) is 0 Å². The first-order chi connectivity index (χ1) is 11.4. The van der Waals surface area contributed by atoms with Crippen LogP contribution in [-0.4, -0.2) is 24.6 Å². The minimum Gasteiger partial charge on any atom is -0.366 e. The highest BCUT2D eigenvalue weighted by molar-refractivity contribution is 7.89. The highest BCUT2D eigenvalue weighted by atomic mass is 32.2. The first kappa shape index (κ1) is 16.9. The van der Waals surface area contributed by atoms with Gasteiger partial charge in [0.15, 0.2) is 9.84 Å². The fourth-order valence-corrected chi connectivity index (χ4v) is 4.04. The molecule has 0 atom stereocenters. The minimum atomic E-state index is -3.06. The van der Waals surface area contributed by atoms with Crippen LogP contribution in [0.2, 0.25) is 0 Å². The van der Waals surface area contributed by atoms with Gasteiger partial charge >= 0.3 is 0 Å². The van der Waals surface area contributed by atoms with Crippen molar-refractivity contribution in [3.05, 3.63) is 52.5 Å². The lowest BCUT2D eigenvalue weighted by Gasteiger charge is -2.19. The lowest BCUT2D eigenvalue weighted by molar-refractivity contribution is 0.601. The zero-order valence-electron chi connectivity index (χ0n) is 14.2. The number of aryl methyl sites for hydroxylation is 2. The minimum absolute atomic E-state index is 0.0613. The van der Waals surface area contributed by atoms with Crippen LogP contribution in [0.5, 0.6) is 0 Å². The smallest absolute Gasteiger partial charge is 0.151 e. The molecule has 3 rings (SSSR count). The van der Waals surface area contributed by atoms with E-state index >= 15 is 0 Å². The van der Waals surface area contributed by atoms with Crippen molar-refractivity contribution in [2.45, 2.75) is 44.9 Å². The monoisotopic (exact) mass is 345 g/mol. The van der Waals surface area contributed by atoms with E-state index in [0.29, 0.717) is 6.54 Å². The van der Waals surface area contributed by atoms with Crippen molar-refractivity contribution in [1.82, 2.24) is 9.97 Å². The van der Waals surface area contributed by atoms with E-state index in [0.717, 1.165) is 41.3 Å². The molecule has 1 aliphatic rings. The Labute approximate surface area is 143 Å². The summed E-state index contributed by atoms with van der Waals surface area (Å²) in [6.45, 7) is 2.48. The summed E-state index contributed by atoms with van der Waals surface area (Å²) in [5, 5.41) is 3.41. The number of sulfone groups is 1. The molecule has 1 heterocycles. The summed E-state index contributed by atoms with van der Waals surface area (Å²) < 4.78 is 23.2. The molecule has 1 aromatic heterocycles. The van der Waals surface area contributed by atoms with Gasteiger partial charge in [-0.2, -0.15) is 0 Å². The van der Waals surface area contributed by atoms with Crippen molar-refractivity contribution in [2.24, 2.45) is 0 Å². The number of anilines is 1. The van der Waals surface area contributed by atoms with E-state index in [4.69, 9.17) is 0 Å². The molecule has 0 saturated carbocycles. The summed E-state index contributed by atoms with van der Waals surface area (Å²) in [7, 11) is -3.06. The SMILES string of the molecule is Cc1nc2c(c(NCc3ccccc3CS(C)(=O)=O)n1)CCCC2. The van der Waals surface area contributed by atoms with E-state index in [1.807, 2.05) is 31.2 Å². The third kappa shape index (κ3) is 4.12. The third-order valence-electron chi connectivity index (χ3n) is 4.28. The maximum atomic E-state index is 11.6. The summed E-state index contributed by atoms with van der Waals surface area (Å²) in [5.74, 6) is 1.74. The lowest BCUT2D eigenvalue weighted by atomic mass is 9.96. The number of rotatable bonds is 5. The van der Waals surface area contributed by atoms with Gasteiger partial charge in [0, 0.05) is 24.1 Å². The normalized spacial score (nSPS) is 14.2.